The first-order chi connectivity index (χ1) is 13.6. The van der Waals surface area contributed by atoms with Crippen molar-refractivity contribution in [2.75, 3.05) is 7.11 Å². The zero-order valence-corrected chi connectivity index (χ0v) is 16.9. The number of aromatic hydroxyl groups is 1. The van der Waals surface area contributed by atoms with Crippen LogP contribution >= 0.6 is 0 Å². The van der Waals surface area contributed by atoms with E-state index in [0.29, 0.717) is 11.1 Å². The summed E-state index contributed by atoms with van der Waals surface area (Å²) in [5, 5.41) is 12.0. The Labute approximate surface area is 169 Å². The van der Waals surface area contributed by atoms with Crippen molar-refractivity contribution < 1.29 is 29.0 Å². The first kappa shape index (κ1) is 21.9. The summed E-state index contributed by atoms with van der Waals surface area (Å²) in [6.07, 6.45) is 0.186. The van der Waals surface area contributed by atoms with Gasteiger partial charge in [-0.3, -0.25) is 4.79 Å². The van der Waals surface area contributed by atoms with E-state index in [2.05, 4.69) is 5.32 Å². The van der Waals surface area contributed by atoms with E-state index in [4.69, 9.17) is 9.47 Å². The molecule has 1 atom stereocenters. The van der Waals surface area contributed by atoms with Gasteiger partial charge < -0.3 is 19.9 Å². The molecule has 29 heavy (non-hydrogen) atoms. The minimum atomic E-state index is -0.909. The highest BCUT2D eigenvalue weighted by Gasteiger charge is 2.23. The summed E-state index contributed by atoms with van der Waals surface area (Å²) in [5.74, 6) is -1.45. The Morgan fingerprint density at radius 3 is 2.03 bits per heavy atom. The van der Waals surface area contributed by atoms with Gasteiger partial charge in [0.05, 0.1) is 12.7 Å². The molecule has 154 valence electrons. The molecule has 2 aromatic rings. The van der Waals surface area contributed by atoms with Crippen molar-refractivity contribution in [1.29, 1.82) is 0 Å². The second kappa shape index (κ2) is 9.23. The molecule has 0 saturated carbocycles. The van der Waals surface area contributed by atoms with Crippen molar-refractivity contribution >= 4 is 17.8 Å². The fourth-order valence-electron chi connectivity index (χ4n) is 2.54. The summed E-state index contributed by atoms with van der Waals surface area (Å²) in [6, 6.07) is 11.4. The molecule has 0 spiro atoms. The van der Waals surface area contributed by atoms with E-state index in [-0.39, 0.29) is 12.2 Å². The Bertz CT molecular complexity index is 866. The minimum Gasteiger partial charge on any atom is -0.508 e. The number of amides is 1. The maximum atomic E-state index is 12.4. The van der Waals surface area contributed by atoms with E-state index < -0.39 is 29.5 Å². The van der Waals surface area contributed by atoms with E-state index in [1.165, 1.54) is 31.4 Å². The summed E-state index contributed by atoms with van der Waals surface area (Å²) >= 11 is 0. The second-order valence-electron chi connectivity index (χ2n) is 7.50. The van der Waals surface area contributed by atoms with E-state index >= 15 is 0 Å². The summed E-state index contributed by atoms with van der Waals surface area (Å²) in [5.41, 5.74) is 0.840. The Hall–Kier alpha value is -3.35. The number of rotatable bonds is 6. The lowest BCUT2D eigenvalue weighted by Crippen LogP contribution is -2.43. The monoisotopic (exact) mass is 399 g/mol. The summed E-state index contributed by atoms with van der Waals surface area (Å²) in [7, 11) is 1.24. The molecule has 7 nitrogen and oxygen atoms in total. The first-order valence-corrected chi connectivity index (χ1v) is 9.09. The Morgan fingerprint density at radius 2 is 1.52 bits per heavy atom. The molecule has 0 aromatic heterocycles. The first-order valence-electron chi connectivity index (χ1n) is 9.09. The van der Waals surface area contributed by atoms with E-state index in [1.807, 2.05) is 0 Å². The third-order valence-electron chi connectivity index (χ3n) is 3.95. The maximum absolute atomic E-state index is 12.4. The highest BCUT2D eigenvalue weighted by molar-refractivity contribution is 5.97. The Balaban J connectivity index is 2.10. The number of carbonyl (C=O) groups excluding carboxylic acids is 3. The number of ether oxygens (including phenoxy) is 2. The van der Waals surface area contributed by atoms with Gasteiger partial charge >= 0.3 is 11.9 Å². The lowest BCUT2D eigenvalue weighted by molar-refractivity contribution is -0.142. The van der Waals surface area contributed by atoms with Crippen LogP contribution in [0.3, 0.4) is 0 Å². The zero-order valence-electron chi connectivity index (χ0n) is 16.9. The summed E-state index contributed by atoms with van der Waals surface area (Å²) in [4.78, 5) is 36.6. The maximum Gasteiger partial charge on any atom is 0.338 e. The number of phenolic OH excluding ortho intramolecular Hbond substituents is 1. The molecule has 2 rings (SSSR count). The number of phenols is 1. The Kier molecular flexibility index (Phi) is 6.98. The van der Waals surface area contributed by atoms with Gasteiger partial charge in [0, 0.05) is 12.0 Å². The van der Waals surface area contributed by atoms with Crippen molar-refractivity contribution in [2.24, 2.45) is 0 Å². The average molecular weight is 399 g/mol. The lowest BCUT2D eigenvalue weighted by atomic mass is 10.0. The third kappa shape index (κ3) is 6.64. The predicted octanol–water partition coefficient (Wildman–Crippen LogP) is 2.86. The summed E-state index contributed by atoms with van der Waals surface area (Å²) < 4.78 is 10.1. The largest absolute Gasteiger partial charge is 0.508 e. The number of benzene rings is 2. The van der Waals surface area contributed by atoms with Crippen LogP contribution in [0.25, 0.3) is 0 Å². The smallest absolute Gasteiger partial charge is 0.338 e. The number of hydrogen-bond donors (Lipinski definition) is 2. The van der Waals surface area contributed by atoms with Crippen molar-refractivity contribution in [3.05, 3.63) is 65.2 Å². The van der Waals surface area contributed by atoms with Crippen molar-refractivity contribution in [3.8, 4) is 5.75 Å². The quantitative estimate of drug-likeness (QED) is 0.724. The molecule has 0 fully saturated rings. The molecule has 0 aliphatic carbocycles. The van der Waals surface area contributed by atoms with Crippen molar-refractivity contribution in [3.63, 3.8) is 0 Å². The van der Waals surface area contributed by atoms with Gasteiger partial charge in [0.2, 0.25) is 0 Å². The number of carbonyl (C=O) groups is 3. The van der Waals surface area contributed by atoms with Crippen LogP contribution in [0, 0.1) is 0 Å². The van der Waals surface area contributed by atoms with Gasteiger partial charge in [-0.1, -0.05) is 12.1 Å². The molecule has 0 bridgehead atoms. The average Bonchev–Trinajstić information content (AvgIpc) is 2.66. The van der Waals surface area contributed by atoms with Gasteiger partial charge in [0.25, 0.3) is 5.91 Å². The molecule has 7 heteroatoms. The molecule has 2 N–H and O–H groups in total. The molecule has 2 aromatic carbocycles. The van der Waals surface area contributed by atoms with E-state index in [1.54, 1.807) is 45.0 Å². The van der Waals surface area contributed by atoms with Gasteiger partial charge in [-0.2, -0.15) is 0 Å². The fourth-order valence-corrected chi connectivity index (χ4v) is 2.54. The van der Waals surface area contributed by atoms with Crippen LogP contribution in [0.1, 0.15) is 47.1 Å². The van der Waals surface area contributed by atoms with Gasteiger partial charge in [0.1, 0.15) is 17.4 Å². The SMILES string of the molecule is COC(=O)[C@H](Cc1ccc(C(=O)OC(C)(C)C)cc1)NC(=O)c1ccc(O)cc1. The van der Waals surface area contributed by atoms with Crippen LogP contribution in [-0.4, -0.2) is 41.7 Å². The molecule has 0 radical (unpaired) electrons. The third-order valence-corrected chi connectivity index (χ3v) is 3.95. The Morgan fingerprint density at radius 1 is 0.966 bits per heavy atom. The predicted molar refractivity (Wildman–Crippen MR) is 107 cm³/mol. The zero-order chi connectivity index (χ0) is 21.6. The van der Waals surface area contributed by atoms with Crippen LogP contribution in [-0.2, 0) is 20.7 Å². The number of methoxy groups -OCH3 is 1. The topological polar surface area (TPSA) is 102 Å². The van der Waals surface area contributed by atoms with Crippen LogP contribution in [0.4, 0.5) is 0 Å². The normalized spacial score (nSPS) is 12.0. The van der Waals surface area contributed by atoms with Crippen LogP contribution < -0.4 is 5.32 Å². The molecular formula is C22H25NO6. The second-order valence-corrected chi connectivity index (χ2v) is 7.50. The van der Waals surface area contributed by atoms with Crippen molar-refractivity contribution in [2.45, 2.75) is 38.8 Å². The standard InChI is InChI=1S/C22H25NO6/c1-22(2,3)29-20(26)16-7-5-14(6-8-16)13-18(21(27)28-4)23-19(25)15-9-11-17(24)12-10-15/h5-12,18,24H,13H2,1-4H3,(H,23,25)/t18-/m0/s1. The number of esters is 2. The van der Waals surface area contributed by atoms with E-state index in [9.17, 15) is 19.5 Å². The summed E-state index contributed by atoms with van der Waals surface area (Å²) in [6.45, 7) is 5.37. The van der Waals surface area contributed by atoms with Crippen LogP contribution in [0.2, 0.25) is 0 Å². The van der Waals surface area contributed by atoms with Gasteiger partial charge in [-0.05, 0) is 62.7 Å². The molecule has 0 heterocycles. The highest BCUT2D eigenvalue weighted by atomic mass is 16.6. The number of nitrogens with one attached hydrogen (secondary N) is 1. The highest BCUT2D eigenvalue weighted by Crippen LogP contribution is 2.15. The lowest BCUT2D eigenvalue weighted by Gasteiger charge is -2.20. The minimum absolute atomic E-state index is 0.0381. The van der Waals surface area contributed by atoms with Gasteiger partial charge in [-0.25, -0.2) is 9.59 Å². The number of hydrogen-bond acceptors (Lipinski definition) is 6. The molecule has 0 unspecified atom stereocenters. The van der Waals surface area contributed by atoms with Crippen molar-refractivity contribution in [1.82, 2.24) is 5.32 Å². The van der Waals surface area contributed by atoms with Crippen LogP contribution in [0.5, 0.6) is 5.75 Å². The molecule has 0 aliphatic heterocycles. The molecule has 1 amide bonds. The van der Waals surface area contributed by atoms with Gasteiger partial charge in [0.15, 0.2) is 0 Å². The van der Waals surface area contributed by atoms with E-state index in [0.717, 1.165) is 5.56 Å². The fraction of sp³-hybridized carbons (Fsp3) is 0.318. The van der Waals surface area contributed by atoms with Gasteiger partial charge in [-0.15, -0.1) is 0 Å². The molecule has 0 aliphatic rings. The van der Waals surface area contributed by atoms with Crippen LogP contribution in [0.15, 0.2) is 48.5 Å². The molecule has 0 saturated heterocycles. The molecular weight excluding hydrogens is 374 g/mol.